The third kappa shape index (κ3) is 4.94. The standard InChI is InChI=1S/C23H28N4O2/c1-26(16-13-19-8-4-5-14-24-19)22(28)12-11-18-7-6-15-27(17-18)23-25-20-9-2-3-10-21(20)29-23/h2-5,8-10,14,18H,6-7,11-13,15-17H2,1H3. The van der Waals surface area contributed by atoms with E-state index in [-0.39, 0.29) is 5.91 Å². The zero-order valence-corrected chi connectivity index (χ0v) is 17.0. The first-order chi connectivity index (χ1) is 14.2. The maximum atomic E-state index is 12.5. The largest absolute Gasteiger partial charge is 0.423 e. The maximum Gasteiger partial charge on any atom is 0.298 e. The zero-order valence-electron chi connectivity index (χ0n) is 17.0. The number of piperidine rings is 1. The zero-order chi connectivity index (χ0) is 20.1. The van der Waals surface area contributed by atoms with Crippen LogP contribution < -0.4 is 4.90 Å². The molecule has 1 aliphatic rings. The number of aromatic nitrogens is 2. The van der Waals surface area contributed by atoms with Crippen molar-refractivity contribution in [3.05, 3.63) is 54.4 Å². The molecule has 3 heterocycles. The molecular weight excluding hydrogens is 364 g/mol. The fraction of sp³-hybridized carbons (Fsp3) is 0.435. The number of rotatable bonds is 7. The van der Waals surface area contributed by atoms with Gasteiger partial charge in [0, 0.05) is 51.4 Å². The summed E-state index contributed by atoms with van der Waals surface area (Å²) in [6.07, 6.45) is 6.34. The van der Waals surface area contributed by atoms with Gasteiger partial charge in [0.15, 0.2) is 5.58 Å². The van der Waals surface area contributed by atoms with E-state index in [1.807, 2.05) is 54.4 Å². The fourth-order valence-corrected chi connectivity index (χ4v) is 3.94. The number of carbonyl (C=O) groups excluding carboxylic acids is 1. The van der Waals surface area contributed by atoms with Crippen LogP contribution in [0.5, 0.6) is 0 Å². The monoisotopic (exact) mass is 392 g/mol. The predicted molar refractivity (Wildman–Crippen MR) is 114 cm³/mol. The Morgan fingerprint density at radius 3 is 2.93 bits per heavy atom. The van der Waals surface area contributed by atoms with Crippen LogP contribution in [-0.2, 0) is 11.2 Å². The minimum atomic E-state index is 0.208. The first kappa shape index (κ1) is 19.4. The molecule has 1 aliphatic heterocycles. The molecule has 1 atom stereocenters. The molecule has 29 heavy (non-hydrogen) atoms. The molecule has 3 aromatic rings. The number of likely N-dealkylation sites (N-methyl/N-ethyl adjacent to an activating group) is 1. The van der Waals surface area contributed by atoms with Crippen molar-refractivity contribution in [2.75, 3.05) is 31.6 Å². The van der Waals surface area contributed by atoms with Crippen LogP contribution in [0.4, 0.5) is 6.01 Å². The van der Waals surface area contributed by atoms with E-state index in [1.54, 1.807) is 6.20 Å². The highest BCUT2D eigenvalue weighted by atomic mass is 16.4. The number of oxazole rings is 1. The smallest absolute Gasteiger partial charge is 0.298 e. The van der Waals surface area contributed by atoms with Gasteiger partial charge in [-0.05, 0) is 49.4 Å². The van der Waals surface area contributed by atoms with Crippen LogP contribution >= 0.6 is 0 Å². The third-order valence-electron chi connectivity index (χ3n) is 5.69. The molecule has 6 heteroatoms. The molecule has 1 unspecified atom stereocenters. The van der Waals surface area contributed by atoms with E-state index in [2.05, 4.69) is 14.9 Å². The quantitative estimate of drug-likeness (QED) is 0.610. The molecule has 1 aromatic carbocycles. The van der Waals surface area contributed by atoms with E-state index in [0.29, 0.717) is 24.9 Å². The average molecular weight is 393 g/mol. The van der Waals surface area contributed by atoms with Crippen molar-refractivity contribution in [1.29, 1.82) is 0 Å². The van der Waals surface area contributed by atoms with Gasteiger partial charge in [0.2, 0.25) is 5.91 Å². The van der Waals surface area contributed by atoms with Crippen molar-refractivity contribution in [2.45, 2.75) is 32.1 Å². The number of hydrogen-bond donors (Lipinski definition) is 0. The predicted octanol–water partition coefficient (Wildman–Crippen LogP) is 3.92. The molecule has 0 N–H and O–H groups in total. The Morgan fingerprint density at radius 1 is 1.24 bits per heavy atom. The number of hydrogen-bond acceptors (Lipinski definition) is 5. The fourth-order valence-electron chi connectivity index (χ4n) is 3.94. The Kier molecular flexibility index (Phi) is 6.08. The molecule has 0 aliphatic carbocycles. The summed E-state index contributed by atoms with van der Waals surface area (Å²) in [6, 6.07) is 14.5. The van der Waals surface area contributed by atoms with Crippen molar-refractivity contribution in [1.82, 2.24) is 14.9 Å². The van der Waals surface area contributed by atoms with Gasteiger partial charge in [0.05, 0.1) is 0 Å². The van der Waals surface area contributed by atoms with Crippen molar-refractivity contribution < 1.29 is 9.21 Å². The van der Waals surface area contributed by atoms with Gasteiger partial charge in [-0.15, -0.1) is 0 Å². The average Bonchev–Trinajstić information content (AvgIpc) is 3.21. The summed E-state index contributed by atoms with van der Waals surface area (Å²) in [5.74, 6) is 0.701. The van der Waals surface area contributed by atoms with Crippen molar-refractivity contribution in [3.63, 3.8) is 0 Å². The lowest BCUT2D eigenvalue weighted by atomic mass is 9.93. The second kappa shape index (κ2) is 9.07. The van der Waals surface area contributed by atoms with E-state index in [1.165, 1.54) is 0 Å². The topological polar surface area (TPSA) is 62.5 Å². The van der Waals surface area contributed by atoms with Crippen LogP contribution in [0.3, 0.4) is 0 Å². The highest BCUT2D eigenvalue weighted by molar-refractivity contribution is 5.76. The number of nitrogens with zero attached hydrogens (tertiary/aromatic N) is 4. The molecule has 0 radical (unpaired) electrons. The van der Waals surface area contributed by atoms with Crippen LogP contribution in [-0.4, -0.2) is 47.5 Å². The summed E-state index contributed by atoms with van der Waals surface area (Å²) in [5.41, 5.74) is 2.75. The Labute approximate surface area is 171 Å². The molecule has 0 bridgehead atoms. The molecular formula is C23H28N4O2. The normalized spacial score (nSPS) is 16.9. The third-order valence-corrected chi connectivity index (χ3v) is 5.69. The minimum Gasteiger partial charge on any atom is -0.423 e. The van der Waals surface area contributed by atoms with Crippen molar-refractivity contribution in [3.8, 4) is 0 Å². The molecule has 2 aromatic heterocycles. The number of benzene rings is 1. The molecule has 4 rings (SSSR count). The lowest BCUT2D eigenvalue weighted by Gasteiger charge is -2.31. The highest BCUT2D eigenvalue weighted by Gasteiger charge is 2.24. The summed E-state index contributed by atoms with van der Waals surface area (Å²) in [4.78, 5) is 25.5. The van der Waals surface area contributed by atoms with Crippen LogP contribution in [0.2, 0.25) is 0 Å². The molecule has 6 nitrogen and oxygen atoms in total. The summed E-state index contributed by atoms with van der Waals surface area (Å²) >= 11 is 0. The summed E-state index contributed by atoms with van der Waals surface area (Å²) in [6.45, 7) is 2.56. The van der Waals surface area contributed by atoms with Gasteiger partial charge in [-0.25, -0.2) is 0 Å². The number of amides is 1. The summed E-state index contributed by atoms with van der Waals surface area (Å²) in [5, 5.41) is 0. The second-order valence-electron chi connectivity index (χ2n) is 7.84. The molecule has 152 valence electrons. The minimum absolute atomic E-state index is 0.208. The van der Waals surface area contributed by atoms with E-state index in [4.69, 9.17) is 4.42 Å². The van der Waals surface area contributed by atoms with E-state index >= 15 is 0 Å². The van der Waals surface area contributed by atoms with E-state index in [0.717, 1.165) is 55.6 Å². The van der Waals surface area contributed by atoms with Crippen LogP contribution in [0.25, 0.3) is 11.1 Å². The Hall–Kier alpha value is -2.89. The summed E-state index contributed by atoms with van der Waals surface area (Å²) < 4.78 is 5.93. The van der Waals surface area contributed by atoms with Crippen molar-refractivity contribution >= 4 is 23.0 Å². The van der Waals surface area contributed by atoms with Gasteiger partial charge in [-0.1, -0.05) is 18.2 Å². The second-order valence-corrected chi connectivity index (χ2v) is 7.84. The van der Waals surface area contributed by atoms with Gasteiger partial charge < -0.3 is 14.2 Å². The molecule has 1 amide bonds. The van der Waals surface area contributed by atoms with Gasteiger partial charge in [0.1, 0.15) is 5.52 Å². The Bertz CT molecular complexity index is 907. The van der Waals surface area contributed by atoms with Crippen LogP contribution in [0, 0.1) is 5.92 Å². The number of carbonyl (C=O) groups is 1. The molecule has 0 saturated carbocycles. The number of fused-ring (bicyclic) bond motifs is 1. The van der Waals surface area contributed by atoms with Gasteiger partial charge in [-0.2, -0.15) is 4.98 Å². The van der Waals surface area contributed by atoms with Crippen LogP contribution in [0.15, 0.2) is 53.1 Å². The Balaban J connectivity index is 1.26. The van der Waals surface area contributed by atoms with Gasteiger partial charge in [-0.3, -0.25) is 9.78 Å². The van der Waals surface area contributed by atoms with Crippen molar-refractivity contribution in [2.24, 2.45) is 5.92 Å². The molecule has 1 saturated heterocycles. The van der Waals surface area contributed by atoms with Gasteiger partial charge >= 0.3 is 0 Å². The van der Waals surface area contributed by atoms with E-state index in [9.17, 15) is 4.79 Å². The lowest BCUT2D eigenvalue weighted by Crippen LogP contribution is -2.36. The number of anilines is 1. The number of para-hydroxylation sites is 2. The molecule has 0 spiro atoms. The first-order valence-corrected chi connectivity index (χ1v) is 10.4. The first-order valence-electron chi connectivity index (χ1n) is 10.4. The van der Waals surface area contributed by atoms with Crippen LogP contribution in [0.1, 0.15) is 31.4 Å². The lowest BCUT2D eigenvalue weighted by molar-refractivity contribution is -0.130. The SMILES string of the molecule is CN(CCc1ccccn1)C(=O)CCC1CCCN(c2nc3ccccc3o2)C1. The Morgan fingerprint density at radius 2 is 2.10 bits per heavy atom. The maximum absolute atomic E-state index is 12.5. The van der Waals surface area contributed by atoms with E-state index < -0.39 is 0 Å². The number of pyridine rings is 1. The highest BCUT2D eigenvalue weighted by Crippen LogP contribution is 2.28. The molecule has 1 fully saturated rings. The van der Waals surface area contributed by atoms with Gasteiger partial charge in [0.25, 0.3) is 6.01 Å². The summed E-state index contributed by atoms with van der Waals surface area (Å²) in [7, 11) is 1.89.